The van der Waals surface area contributed by atoms with Crippen molar-refractivity contribution in [1.29, 1.82) is 0 Å². The maximum absolute atomic E-state index is 12.8. The van der Waals surface area contributed by atoms with Gasteiger partial charge in [0.25, 0.3) is 0 Å². The number of sulfonamides is 1. The molecule has 19 heavy (non-hydrogen) atoms. The lowest BCUT2D eigenvalue weighted by Crippen LogP contribution is -2.58. The molecule has 0 saturated carbocycles. The zero-order chi connectivity index (χ0) is 14.0. The minimum Gasteiger partial charge on any atom is -0.313 e. The Bertz CT molecular complexity index is 551. The van der Waals surface area contributed by atoms with Gasteiger partial charge in [-0.25, -0.2) is 8.42 Å². The molecule has 1 fully saturated rings. The van der Waals surface area contributed by atoms with E-state index in [2.05, 4.69) is 5.32 Å². The van der Waals surface area contributed by atoms with Crippen LogP contribution in [0, 0.1) is 13.8 Å². The van der Waals surface area contributed by atoms with Crippen molar-refractivity contribution < 1.29 is 8.42 Å². The lowest BCUT2D eigenvalue weighted by Gasteiger charge is -2.37. The van der Waals surface area contributed by atoms with E-state index in [0.717, 1.165) is 30.6 Å². The third-order valence-corrected chi connectivity index (χ3v) is 5.64. The number of hydrogen-bond donors (Lipinski definition) is 1. The molecular weight excluding hydrogens is 260 g/mol. The first kappa shape index (κ1) is 14.5. The summed E-state index contributed by atoms with van der Waals surface area (Å²) in [4.78, 5) is 0.443. The summed E-state index contributed by atoms with van der Waals surface area (Å²) in [6, 6.07) is 5.62. The Morgan fingerprint density at radius 2 is 2.00 bits per heavy atom. The minimum atomic E-state index is -3.38. The van der Waals surface area contributed by atoms with Crippen molar-refractivity contribution in [2.45, 2.75) is 38.1 Å². The van der Waals surface area contributed by atoms with Gasteiger partial charge >= 0.3 is 0 Å². The van der Waals surface area contributed by atoms with Crippen molar-refractivity contribution in [3.8, 4) is 0 Å². The zero-order valence-corrected chi connectivity index (χ0v) is 12.6. The second-order valence-corrected chi connectivity index (χ2v) is 7.06. The summed E-state index contributed by atoms with van der Waals surface area (Å²) in [5.41, 5.74) is 1.91. The molecule has 1 N–H and O–H groups in total. The van der Waals surface area contributed by atoms with E-state index < -0.39 is 10.0 Å². The topological polar surface area (TPSA) is 49.4 Å². The molecule has 0 atom stereocenters. The molecule has 5 heteroatoms. The van der Waals surface area contributed by atoms with E-state index in [0.29, 0.717) is 11.4 Å². The second kappa shape index (κ2) is 5.61. The highest BCUT2D eigenvalue weighted by molar-refractivity contribution is 7.89. The summed E-state index contributed by atoms with van der Waals surface area (Å²) in [7, 11) is -3.38. The van der Waals surface area contributed by atoms with Gasteiger partial charge in [-0.1, -0.05) is 24.6 Å². The Morgan fingerprint density at radius 1 is 1.32 bits per heavy atom. The van der Waals surface area contributed by atoms with Crippen LogP contribution in [-0.2, 0) is 10.0 Å². The molecule has 0 amide bonds. The highest BCUT2D eigenvalue weighted by Gasteiger charge is 2.34. The normalized spacial score (nSPS) is 16.6. The molecule has 1 heterocycles. The molecule has 0 radical (unpaired) electrons. The van der Waals surface area contributed by atoms with Crippen molar-refractivity contribution in [3.63, 3.8) is 0 Å². The van der Waals surface area contributed by atoms with Crippen molar-refractivity contribution in [2.75, 3.05) is 19.6 Å². The van der Waals surface area contributed by atoms with Gasteiger partial charge in [0.1, 0.15) is 0 Å². The van der Waals surface area contributed by atoms with E-state index in [-0.39, 0.29) is 6.04 Å². The second-order valence-electron chi connectivity index (χ2n) is 5.20. The summed E-state index contributed by atoms with van der Waals surface area (Å²) < 4.78 is 27.2. The van der Waals surface area contributed by atoms with E-state index >= 15 is 0 Å². The van der Waals surface area contributed by atoms with Gasteiger partial charge in [0.2, 0.25) is 10.0 Å². The molecule has 0 unspecified atom stereocenters. The van der Waals surface area contributed by atoms with Gasteiger partial charge in [-0.3, -0.25) is 0 Å². The summed E-state index contributed by atoms with van der Waals surface area (Å²) in [6.07, 6.45) is 0.834. The van der Waals surface area contributed by atoms with Crippen molar-refractivity contribution in [1.82, 2.24) is 9.62 Å². The number of benzene rings is 1. The average molecular weight is 282 g/mol. The van der Waals surface area contributed by atoms with Crippen LogP contribution >= 0.6 is 0 Å². The summed E-state index contributed by atoms with van der Waals surface area (Å²) in [5.74, 6) is 0. The molecule has 1 aromatic carbocycles. The third-order valence-electron chi connectivity index (χ3n) is 3.53. The Morgan fingerprint density at radius 3 is 2.47 bits per heavy atom. The fraction of sp³-hybridized carbons (Fsp3) is 0.571. The SMILES string of the molecule is CCCN(C1CNC1)S(=O)(=O)c1ccc(C)cc1C. The van der Waals surface area contributed by atoms with E-state index in [1.807, 2.05) is 32.9 Å². The zero-order valence-electron chi connectivity index (χ0n) is 11.8. The third kappa shape index (κ3) is 2.83. The van der Waals surface area contributed by atoms with Gasteiger partial charge < -0.3 is 5.32 Å². The lowest BCUT2D eigenvalue weighted by molar-refractivity contribution is 0.242. The molecule has 1 aliphatic rings. The first-order chi connectivity index (χ1) is 8.96. The van der Waals surface area contributed by atoms with Crippen LogP contribution < -0.4 is 5.32 Å². The van der Waals surface area contributed by atoms with E-state index in [9.17, 15) is 8.42 Å². The predicted molar refractivity (Wildman–Crippen MR) is 76.8 cm³/mol. The van der Waals surface area contributed by atoms with Crippen LogP contribution in [0.3, 0.4) is 0 Å². The molecule has 0 aliphatic carbocycles. The highest BCUT2D eigenvalue weighted by atomic mass is 32.2. The van der Waals surface area contributed by atoms with Crippen LogP contribution in [0.4, 0.5) is 0 Å². The van der Waals surface area contributed by atoms with Crippen LogP contribution in [0.15, 0.2) is 23.1 Å². The van der Waals surface area contributed by atoms with Gasteiger partial charge in [0, 0.05) is 19.6 Å². The number of aryl methyl sites for hydroxylation is 2. The van der Waals surface area contributed by atoms with E-state index in [1.165, 1.54) is 0 Å². The van der Waals surface area contributed by atoms with Crippen molar-refractivity contribution in [2.24, 2.45) is 0 Å². The van der Waals surface area contributed by atoms with Crippen molar-refractivity contribution >= 4 is 10.0 Å². The van der Waals surface area contributed by atoms with Gasteiger partial charge in [-0.05, 0) is 31.9 Å². The first-order valence-corrected chi connectivity index (χ1v) is 8.20. The molecular formula is C14H22N2O2S. The molecule has 0 spiro atoms. The lowest BCUT2D eigenvalue weighted by atomic mass is 10.2. The van der Waals surface area contributed by atoms with Crippen molar-refractivity contribution in [3.05, 3.63) is 29.3 Å². The number of nitrogens with one attached hydrogen (secondary N) is 1. The summed E-state index contributed by atoms with van der Waals surface area (Å²) in [5, 5.41) is 3.14. The highest BCUT2D eigenvalue weighted by Crippen LogP contribution is 2.24. The first-order valence-electron chi connectivity index (χ1n) is 6.76. The van der Waals surface area contributed by atoms with Gasteiger partial charge in [0.05, 0.1) is 10.9 Å². The maximum Gasteiger partial charge on any atom is 0.243 e. The standard InChI is InChI=1S/C14H22N2O2S/c1-4-7-16(13-9-15-10-13)19(17,18)14-6-5-11(2)8-12(14)3/h5-6,8,13,15H,4,7,9-10H2,1-3H3. The smallest absolute Gasteiger partial charge is 0.243 e. The van der Waals surface area contributed by atoms with Crippen LogP contribution in [0.5, 0.6) is 0 Å². The minimum absolute atomic E-state index is 0.102. The fourth-order valence-electron chi connectivity index (χ4n) is 2.41. The Hall–Kier alpha value is -0.910. The Balaban J connectivity index is 2.38. The Labute approximate surface area is 115 Å². The van der Waals surface area contributed by atoms with Gasteiger partial charge in [-0.2, -0.15) is 4.31 Å². The largest absolute Gasteiger partial charge is 0.313 e. The van der Waals surface area contributed by atoms with Crippen LogP contribution in [0.1, 0.15) is 24.5 Å². The van der Waals surface area contributed by atoms with Crippen LogP contribution in [-0.4, -0.2) is 38.4 Å². The maximum atomic E-state index is 12.8. The van der Waals surface area contributed by atoms with E-state index in [4.69, 9.17) is 0 Å². The number of nitrogens with zero attached hydrogens (tertiary/aromatic N) is 1. The molecule has 1 aliphatic heterocycles. The molecule has 2 rings (SSSR count). The summed E-state index contributed by atoms with van der Waals surface area (Å²) >= 11 is 0. The molecule has 106 valence electrons. The number of hydrogen-bond acceptors (Lipinski definition) is 3. The van der Waals surface area contributed by atoms with Crippen LogP contribution in [0.2, 0.25) is 0 Å². The molecule has 4 nitrogen and oxygen atoms in total. The number of rotatable bonds is 5. The molecule has 1 aromatic rings. The van der Waals surface area contributed by atoms with Gasteiger partial charge in [-0.15, -0.1) is 0 Å². The van der Waals surface area contributed by atoms with Crippen LogP contribution in [0.25, 0.3) is 0 Å². The molecule has 0 aromatic heterocycles. The quantitative estimate of drug-likeness (QED) is 0.894. The van der Waals surface area contributed by atoms with E-state index in [1.54, 1.807) is 10.4 Å². The Kier molecular flexibility index (Phi) is 4.28. The molecule has 1 saturated heterocycles. The summed E-state index contributed by atoms with van der Waals surface area (Å²) in [6.45, 7) is 7.94. The monoisotopic (exact) mass is 282 g/mol. The fourth-order valence-corrected chi connectivity index (χ4v) is 4.33. The predicted octanol–water partition coefficient (Wildman–Crippen LogP) is 1.68. The molecule has 0 bridgehead atoms. The average Bonchev–Trinajstić information content (AvgIpc) is 2.25. The van der Waals surface area contributed by atoms with Gasteiger partial charge in [0.15, 0.2) is 0 Å².